The molecule has 2 heteroatoms. The van der Waals surface area contributed by atoms with E-state index in [-0.39, 0.29) is 12.0 Å². The van der Waals surface area contributed by atoms with Crippen molar-refractivity contribution < 1.29 is 9.84 Å². The second kappa shape index (κ2) is 7.50. The van der Waals surface area contributed by atoms with E-state index in [1.807, 2.05) is 7.11 Å². The monoisotopic (exact) mass is 304 g/mol. The minimum absolute atomic E-state index is 0.0734. The van der Waals surface area contributed by atoms with Gasteiger partial charge in [0.15, 0.2) is 0 Å². The summed E-state index contributed by atoms with van der Waals surface area (Å²) in [6.07, 6.45) is 8.38. The standard InChI is InChI=1S/C20H32O2/c1-20(2,3)18-14-15(9-8-12-21)13-17(19(18)22-4)16-10-6-5-7-11-16/h13-14,16,21H,5-12H2,1-4H3. The van der Waals surface area contributed by atoms with Gasteiger partial charge in [0.25, 0.3) is 0 Å². The van der Waals surface area contributed by atoms with E-state index >= 15 is 0 Å². The Kier molecular flexibility index (Phi) is 5.91. The lowest BCUT2D eigenvalue weighted by Crippen LogP contribution is -2.16. The van der Waals surface area contributed by atoms with Crippen LogP contribution in [0.3, 0.4) is 0 Å². The first-order valence-electron chi connectivity index (χ1n) is 8.79. The van der Waals surface area contributed by atoms with Gasteiger partial charge >= 0.3 is 0 Å². The zero-order valence-corrected chi connectivity index (χ0v) is 14.7. The molecular weight excluding hydrogens is 272 g/mol. The quantitative estimate of drug-likeness (QED) is 0.832. The first kappa shape index (κ1) is 17.3. The minimum atomic E-state index is 0.0734. The van der Waals surface area contributed by atoms with Gasteiger partial charge in [0.05, 0.1) is 7.11 Å². The van der Waals surface area contributed by atoms with Gasteiger partial charge in [0.1, 0.15) is 5.75 Å². The summed E-state index contributed by atoms with van der Waals surface area (Å²) in [7, 11) is 1.81. The highest BCUT2D eigenvalue weighted by Crippen LogP contribution is 2.43. The molecule has 124 valence electrons. The fraction of sp³-hybridized carbons (Fsp3) is 0.700. The van der Waals surface area contributed by atoms with Crippen LogP contribution in [0.15, 0.2) is 12.1 Å². The van der Waals surface area contributed by atoms with Gasteiger partial charge in [-0.25, -0.2) is 0 Å². The van der Waals surface area contributed by atoms with E-state index in [1.165, 1.54) is 48.8 Å². The Morgan fingerprint density at radius 3 is 2.36 bits per heavy atom. The molecule has 2 nitrogen and oxygen atoms in total. The molecule has 0 unspecified atom stereocenters. The summed E-state index contributed by atoms with van der Waals surface area (Å²) in [6.45, 7) is 7.03. The number of aryl methyl sites for hydroxylation is 1. The molecule has 0 saturated heterocycles. The van der Waals surface area contributed by atoms with Crippen molar-refractivity contribution in [3.05, 3.63) is 28.8 Å². The van der Waals surface area contributed by atoms with Crippen molar-refractivity contribution in [3.8, 4) is 5.75 Å². The van der Waals surface area contributed by atoms with E-state index in [2.05, 4.69) is 32.9 Å². The predicted molar refractivity (Wildman–Crippen MR) is 92.9 cm³/mol. The molecule has 0 aromatic heterocycles. The van der Waals surface area contributed by atoms with Crippen molar-refractivity contribution >= 4 is 0 Å². The molecule has 1 N–H and O–H groups in total. The van der Waals surface area contributed by atoms with Gasteiger partial charge in [-0.3, -0.25) is 0 Å². The van der Waals surface area contributed by atoms with Crippen LogP contribution in [0.2, 0.25) is 0 Å². The maximum absolute atomic E-state index is 9.15. The van der Waals surface area contributed by atoms with Crippen LogP contribution in [0.5, 0.6) is 5.75 Å². The molecule has 0 atom stereocenters. The van der Waals surface area contributed by atoms with Crippen LogP contribution in [-0.2, 0) is 11.8 Å². The molecule has 1 aliphatic carbocycles. The third-order valence-corrected chi connectivity index (χ3v) is 4.86. The van der Waals surface area contributed by atoms with Gasteiger partial charge in [0.2, 0.25) is 0 Å². The maximum atomic E-state index is 9.15. The molecule has 1 aliphatic rings. The summed E-state index contributed by atoms with van der Waals surface area (Å²) >= 11 is 0. The largest absolute Gasteiger partial charge is 0.496 e. The molecule has 2 rings (SSSR count). The van der Waals surface area contributed by atoms with E-state index in [9.17, 15) is 0 Å². The predicted octanol–water partition coefficient (Wildman–Crippen LogP) is 4.97. The Labute approximate surface area is 135 Å². The number of aliphatic hydroxyl groups excluding tert-OH is 1. The average Bonchev–Trinajstić information content (AvgIpc) is 2.52. The van der Waals surface area contributed by atoms with Crippen LogP contribution in [-0.4, -0.2) is 18.8 Å². The maximum Gasteiger partial charge on any atom is 0.126 e. The number of ether oxygens (including phenoxy) is 1. The highest BCUT2D eigenvalue weighted by Gasteiger charge is 2.26. The first-order valence-corrected chi connectivity index (χ1v) is 8.79. The Bertz CT molecular complexity index is 479. The Morgan fingerprint density at radius 2 is 1.82 bits per heavy atom. The van der Waals surface area contributed by atoms with Gasteiger partial charge in [0, 0.05) is 12.2 Å². The highest BCUT2D eigenvalue weighted by atomic mass is 16.5. The molecule has 0 bridgehead atoms. The van der Waals surface area contributed by atoms with Gasteiger partial charge in [-0.05, 0) is 48.1 Å². The summed E-state index contributed by atoms with van der Waals surface area (Å²) < 4.78 is 5.87. The molecule has 0 aliphatic heterocycles. The molecule has 1 aromatic rings. The van der Waals surface area contributed by atoms with Crippen molar-refractivity contribution in [2.24, 2.45) is 0 Å². The fourth-order valence-electron chi connectivity index (χ4n) is 3.64. The smallest absolute Gasteiger partial charge is 0.126 e. The first-order chi connectivity index (χ1) is 10.5. The molecule has 1 fully saturated rings. The van der Waals surface area contributed by atoms with Crippen LogP contribution < -0.4 is 4.74 Å². The number of aliphatic hydroxyl groups is 1. The molecule has 0 radical (unpaired) electrons. The fourth-order valence-corrected chi connectivity index (χ4v) is 3.64. The molecule has 22 heavy (non-hydrogen) atoms. The van der Waals surface area contributed by atoms with Crippen LogP contribution in [0.25, 0.3) is 0 Å². The molecule has 0 heterocycles. The number of hydrogen-bond acceptors (Lipinski definition) is 2. The molecular formula is C20H32O2. The van der Waals surface area contributed by atoms with Crippen LogP contribution >= 0.6 is 0 Å². The third-order valence-electron chi connectivity index (χ3n) is 4.86. The van der Waals surface area contributed by atoms with Gasteiger partial charge in [-0.15, -0.1) is 0 Å². The Hall–Kier alpha value is -1.02. The number of benzene rings is 1. The summed E-state index contributed by atoms with van der Waals surface area (Å²) in [4.78, 5) is 0. The zero-order chi connectivity index (χ0) is 16.2. The number of hydrogen-bond donors (Lipinski definition) is 1. The third kappa shape index (κ3) is 4.04. The highest BCUT2D eigenvalue weighted by molar-refractivity contribution is 5.50. The minimum Gasteiger partial charge on any atom is -0.496 e. The summed E-state index contributed by atoms with van der Waals surface area (Å²) in [5.74, 6) is 1.74. The normalized spacial score (nSPS) is 16.8. The number of rotatable bonds is 5. The van der Waals surface area contributed by atoms with E-state index in [0.717, 1.165) is 18.6 Å². The summed E-state index contributed by atoms with van der Waals surface area (Å²) in [5.41, 5.74) is 4.14. The summed E-state index contributed by atoms with van der Waals surface area (Å²) in [5, 5.41) is 9.15. The Morgan fingerprint density at radius 1 is 1.14 bits per heavy atom. The second-order valence-electron chi connectivity index (χ2n) is 7.68. The van der Waals surface area contributed by atoms with Crippen molar-refractivity contribution in [2.75, 3.05) is 13.7 Å². The number of methoxy groups -OCH3 is 1. The summed E-state index contributed by atoms with van der Waals surface area (Å²) in [6, 6.07) is 4.64. The van der Waals surface area contributed by atoms with Gasteiger partial charge in [-0.2, -0.15) is 0 Å². The topological polar surface area (TPSA) is 29.5 Å². The van der Waals surface area contributed by atoms with Crippen LogP contribution in [0.4, 0.5) is 0 Å². The van der Waals surface area contributed by atoms with E-state index in [0.29, 0.717) is 5.92 Å². The zero-order valence-electron chi connectivity index (χ0n) is 14.7. The lowest BCUT2D eigenvalue weighted by molar-refractivity contribution is 0.288. The Balaban J connectivity index is 2.47. The van der Waals surface area contributed by atoms with Crippen LogP contribution in [0.1, 0.15) is 81.9 Å². The lowest BCUT2D eigenvalue weighted by Gasteiger charge is -2.30. The van der Waals surface area contributed by atoms with Gasteiger partial charge in [-0.1, -0.05) is 52.2 Å². The molecule has 1 aromatic carbocycles. The second-order valence-corrected chi connectivity index (χ2v) is 7.68. The lowest BCUT2D eigenvalue weighted by atomic mass is 9.78. The average molecular weight is 304 g/mol. The van der Waals surface area contributed by atoms with Crippen molar-refractivity contribution in [3.63, 3.8) is 0 Å². The molecule has 0 amide bonds. The molecule has 0 spiro atoms. The van der Waals surface area contributed by atoms with Crippen molar-refractivity contribution in [1.82, 2.24) is 0 Å². The van der Waals surface area contributed by atoms with Crippen molar-refractivity contribution in [2.45, 2.75) is 77.0 Å². The van der Waals surface area contributed by atoms with E-state index in [1.54, 1.807) is 0 Å². The molecule has 1 saturated carbocycles. The van der Waals surface area contributed by atoms with Crippen molar-refractivity contribution in [1.29, 1.82) is 0 Å². The SMILES string of the molecule is COc1c(C2CCCCC2)cc(CCCO)cc1C(C)(C)C. The van der Waals surface area contributed by atoms with Crippen LogP contribution in [0, 0.1) is 0 Å². The van der Waals surface area contributed by atoms with E-state index in [4.69, 9.17) is 9.84 Å². The van der Waals surface area contributed by atoms with Gasteiger partial charge < -0.3 is 9.84 Å². The van der Waals surface area contributed by atoms with E-state index < -0.39 is 0 Å².